The Balaban J connectivity index is 1.73. The van der Waals surface area contributed by atoms with Gasteiger partial charge in [0, 0.05) is 31.6 Å². The summed E-state index contributed by atoms with van der Waals surface area (Å²) in [4.78, 5) is 38.0. The first-order chi connectivity index (χ1) is 17.8. The summed E-state index contributed by atoms with van der Waals surface area (Å²) < 4.78 is 31.2. The number of aromatic nitrogens is 5. The maximum absolute atomic E-state index is 13.8. The first-order valence-electron chi connectivity index (χ1n) is 12.1. The number of nitrogens with two attached hydrogens (primary N) is 1. The van der Waals surface area contributed by atoms with Gasteiger partial charge in [-0.2, -0.15) is 4.98 Å². The van der Waals surface area contributed by atoms with E-state index in [4.69, 9.17) is 5.73 Å². The number of hydrogen-bond donors (Lipinski definition) is 1. The van der Waals surface area contributed by atoms with Crippen LogP contribution in [0.25, 0.3) is 21.9 Å². The number of pyridine rings is 1. The molecular weight excluding hydrogens is 480 g/mol. The number of anilines is 1. The van der Waals surface area contributed by atoms with Crippen LogP contribution in [-0.4, -0.2) is 42.8 Å². The summed E-state index contributed by atoms with van der Waals surface area (Å²) in [7, 11) is 1.54. The van der Waals surface area contributed by atoms with Crippen molar-refractivity contribution in [2.75, 3.05) is 18.0 Å². The summed E-state index contributed by atoms with van der Waals surface area (Å²) in [6.07, 6.45) is -1.01. The average Bonchev–Trinajstić information content (AvgIpc) is 3.28. The molecule has 1 fully saturated rings. The summed E-state index contributed by atoms with van der Waals surface area (Å²) in [5.74, 6) is 6.37. The van der Waals surface area contributed by atoms with E-state index in [1.807, 2.05) is 4.90 Å². The number of aryl methyl sites for hydroxylation is 1. The highest BCUT2D eigenvalue weighted by Crippen LogP contribution is 2.26. The zero-order valence-corrected chi connectivity index (χ0v) is 20.6. The third-order valence-electron chi connectivity index (χ3n) is 6.74. The number of alkyl halides is 2. The Morgan fingerprint density at radius 2 is 1.97 bits per heavy atom. The van der Waals surface area contributed by atoms with Crippen LogP contribution in [0.4, 0.5) is 14.7 Å². The number of hydrogen-bond acceptors (Lipinski definition) is 6. The van der Waals surface area contributed by atoms with Crippen molar-refractivity contribution >= 4 is 27.9 Å². The molecule has 192 valence electrons. The monoisotopic (exact) mass is 507 g/mol. The number of imidazole rings is 1. The van der Waals surface area contributed by atoms with E-state index in [-0.39, 0.29) is 36.0 Å². The van der Waals surface area contributed by atoms with Crippen molar-refractivity contribution in [2.24, 2.45) is 12.8 Å². The smallest absolute Gasteiger partial charge is 0.332 e. The van der Waals surface area contributed by atoms with E-state index in [0.717, 1.165) is 24.0 Å². The lowest BCUT2D eigenvalue weighted by Gasteiger charge is -2.31. The maximum Gasteiger partial charge on any atom is 0.332 e. The molecule has 5 rings (SSSR count). The van der Waals surface area contributed by atoms with Crippen molar-refractivity contribution in [3.8, 4) is 11.8 Å². The third-order valence-corrected chi connectivity index (χ3v) is 6.74. The standard InChI is InChI=1S/C26H27F2N7O2/c1-3-4-12-34-21-23(31-25(34)33-11-7-9-17(29)14-33)32(2)26(37)35(24(21)36)15-20-18-10-6-5-8-16(18)13-19(30-20)22(27)28/h5-6,8,10,13,17,22H,7,9,11-12,14-15,29H2,1-2H3/t17-/m1/s1. The van der Waals surface area contributed by atoms with Crippen LogP contribution in [-0.2, 0) is 20.1 Å². The lowest BCUT2D eigenvalue weighted by atomic mass is 10.1. The Kier molecular flexibility index (Phi) is 6.52. The SMILES string of the molecule is CC#CCn1c(N2CCC[C@@H](N)C2)nc2c1c(=O)n(Cc1nc(C(F)F)cc3ccccc13)c(=O)n2C. The molecule has 2 N–H and O–H groups in total. The first kappa shape index (κ1) is 24.6. The summed E-state index contributed by atoms with van der Waals surface area (Å²) in [5, 5.41) is 1.15. The lowest BCUT2D eigenvalue weighted by Crippen LogP contribution is -2.44. The Morgan fingerprint density at radius 3 is 2.70 bits per heavy atom. The van der Waals surface area contributed by atoms with Crippen molar-refractivity contribution in [1.82, 2.24) is 23.7 Å². The molecule has 0 unspecified atom stereocenters. The molecule has 4 aromatic rings. The molecule has 1 saturated heterocycles. The van der Waals surface area contributed by atoms with Gasteiger partial charge in [0.25, 0.3) is 12.0 Å². The molecule has 3 aromatic heterocycles. The topological polar surface area (TPSA) is 104 Å². The summed E-state index contributed by atoms with van der Waals surface area (Å²) in [6.45, 7) is 2.92. The maximum atomic E-state index is 13.8. The van der Waals surface area contributed by atoms with Crippen LogP contribution in [0.2, 0.25) is 0 Å². The predicted molar refractivity (Wildman–Crippen MR) is 138 cm³/mol. The van der Waals surface area contributed by atoms with Gasteiger partial charge in [-0.15, -0.1) is 5.92 Å². The Bertz CT molecular complexity index is 1680. The molecule has 9 nitrogen and oxygen atoms in total. The van der Waals surface area contributed by atoms with Gasteiger partial charge in [0.05, 0.1) is 18.8 Å². The molecule has 0 radical (unpaired) electrons. The van der Waals surface area contributed by atoms with Gasteiger partial charge in [0.2, 0.25) is 5.95 Å². The molecule has 1 atom stereocenters. The number of benzene rings is 1. The quantitative estimate of drug-likeness (QED) is 0.416. The highest BCUT2D eigenvalue weighted by atomic mass is 19.3. The summed E-state index contributed by atoms with van der Waals surface area (Å²) in [5.41, 5.74) is 5.26. The Labute approximate surface area is 211 Å². The van der Waals surface area contributed by atoms with E-state index in [1.54, 1.807) is 35.8 Å². The minimum absolute atomic E-state index is 0.0267. The van der Waals surface area contributed by atoms with E-state index in [0.29, 0.717) is 23.3 Å². The van der Waals surface area contributed by atoms with Crippen LogP contribution in [0.3, 0.4) is 0 Å². The molecule has 37 heavy (non-hydrogen) atoms. The van der Waals surface area contributed by atoms with Gasteiger partial charge >= 0.3 is 5.69 Å². The fourth-order valence-corrected chi connectivity index (χ4v) is 4.92. The van der Waals surface area contributed by atoms with Crippen LogP contribution in [0.15, 0.2) is 39.9 Å². The largest absolute Gasteiger partial charge is 0.341 e. The second-order valence-corrected chi connectivity index (χ2v) is 9.19. The van der Waals surface area contributed by atoms with E-state index in [9.17, 15) is 18.4 Å². The molecule has 4 heterocycles. The van der Waals surface area contributed by atoms with E-state index in [2.05, 4.69) is 21.8 Å². The molecule has 11 heteroatoms. The number of nitrogens with zero attached hydrogens (tertiary/aromatic N) is 6. The fraction of sp³-hybridized carbons (Fsp3) is 0.385. The number of fused-ring (bicyclic) bond motifs is 2. The summed E-state index contributed by atoms with van der Waals surface area (Å²) in [6, 6.07) is 8.22. The van der Waals surface area contributed by atoms with Gasteiger partial charge in [-0.1, -0.05) is 30.2 Å². The van der Waals surface area contributed by atoms with Crippen molar-refractivity contribution in [1.29, 1.82) is 0 Å². The average molecular weight is 508 g/mol. The van der Waals surface area contributed by atoms with Gasteiger partial charge in [-0.05, 0) is 31.2 Å². The zero-order valence-electron chi connectivity index (χ0n) is 20.6. The predicted octanol–water partition coefficient (Wildman–Crippen LogP) is 2.38. The lowest BCUT2D eigenvalue weighted by molar-refractivity contribution is 0.146. The number of piperidine rings is 1. The number of rotatable bonds is 5. The van der Waals surface area contributed by atoms with Crippen LogP contribution in [0, 0.1) is 11.8 Å². The van der Waals surface area contributed by atoms with Crippen LogP contribution >= 0.6 is 0 Å². The fourth-order valence-electron chi connectivity index (χ4n) is 4.92. The molecule has 1 aliphatic heterocycles. The molecule has 0 amide bonds. The van der Waals surface area contributed by atoms with E-state index >= 15 is 0 Å². The van der Waals surface area contributed by atoms with Crippen LogP contribution < -0.4 is 21.9 Å². The van der Waals surface area contributed by atoms with E-state index in [1.165, 1.54) is 17.7 Å². The first-order valence-corrected chi connectivity index (χ1v) is 12.1. The molecule has 0 bridgehead atoms. The van der Waals surface area contributed by atoms with E-state index < -0.39 is 23.4 Å². The molecule has 0 aliphatic carbocycles. The second kappa shape index (κ2) is 9.78. The molecule has 1 aliphatic rings. The Morgan fingerprint density at radius 1 is 1.19 bits per heavy atom. The third kappa shape index (κ3) is 4.38. The van der Waals surface area contributed by atoms with Gasteiger partial charge in [0.15, 0.2) is 11.2 Å². The molecule has 0 spiro atoms. The summed E-state index contributed by atoms with van der Waals surface area (Å²) >= 11 is 0. The van der Waals surface area contributed by atoms with Gasteiger partial charge in [-0.25, -0.2) is 18.6 Å². The van der Waals surface area contributed by atoms with Crippen molar-refractivity contribution in [2.45, 2.75) is 45.3 Å². The van der Waals surface area contributed by atoms with Gasteiger partial charge in [0.1, 0.15) is 5.69 Å². The number of halogens is 2. The normalized spacial score (nSPS) is 15.9. The van der Waals surface area contributed by atoms with Crippen molar-refractivity contribution < 1.29 is 8.78 Å². The molecular formula is C26H27F2N7O2. The van der Waals surface area contributed by atoms with Crippen LogP contribution in [0.5, 0.6) is 0 Å². The minimum atomic E-state index is -2.79. The molecule has 1 aromatic carbocycles. The van der Waals surface area contributed by atoms with Crippen LogP contribution in [0.1, 0.15) is 37.6 Å². The Hall–Kier alpha value is -4.04. The second-order valence-electron chi connectivity index (χ2n) is 9.19. The minimum Gasteiger partial charge on any atom is -0.341 e. The highest BCUT2D eigenvalue weighted by molar-refractivity contribution is 5.85. The van der Waals surface area contributed by atoms with Gasteiger partial charge < -0.3 is 10.6 Å². The van der Waals surface area contributed by atoms with Gasteiger partial charge in [-0.3, -0.25) is 18.5 Å². The van der Waals surface area contributed by atoms with Crippen molar-refractivity contribution in [3.63, 3.8) is 0 Å². The molecule has 0 saturated carbocycles. The van der Waals surface area contributed by atoms with Crippen molar-refractivity contribution in [3.05, 3.63) is 62.6 Å². The zero-order chi connectivity index (χ0) is 26.3. The highest BCUT2D eigenvalue weighted by Gasteiger charge is 2.26.